The number of hydrogen-bond acceptors (Lipinski definition) is 1. The van der Waals surface area contributed by atoms with Gasteiger partial charge in [-0.3, -0.25) is 4.68 Å². The molecule has 0 spiro atoms. The zero-order valence-corrected chi connectivity index (χ0v) is 9.45. The molecule has 2 aromatic rings. The van der Waals surface area contributed by atoms with Gasteiger partial charge in [-0.15, -0.1) is 0 Å². The Balaban J connectivity index is 2.23. The summed E-state index contributed by atoms with van der Waals surface area (Å²) < 4.78 is 3.03. The van der Waals surface area contributed by atoms with Crippen LogP contribution in [-0.4, -0.2) is 9.78 Å². The third kappa shape index (κ3) is 2.04. The van der Waals surface area contributed by atoms with Gasteiger partial charge in [-0.1, -0.05) is 28.1 Å². The highest BCUT2D eigenvalue weighted by Gasteiger charge is 1.99. The van der Waals surface area contributed by atoms with Crippen LogP contribution in [0.4, 0.5) is 0 Å². The SMILES string of the molecule is Cc1c[c]nn1Cc1cccc(Br)c1. The molecular weight excluding hydrogens is 240 g/mol. The summed E-state index contributed by atoms with van der Waals surface area (Å²) in [6.45, 7) is 2.83. The van der Waals surface area contributed by atoms with Crippen LogP contribution in [0.2, 0.25) is 0 Å². The minimum atomic E-state index is 0.800. The fraction of sp³-hybridized carbons (Fsp3) is 0.182. The molecule has 0 unspecified atom stereocenters. The molecule has 2 rings (SSSR count). The fourth-order valence-electron chi connectivity index (χ4n) is 1.31. The van der Waals surface area contributed by atoms with Crippen LogP contribution < -0.4 is 0 Å². The zero-order valence-electron chi connectivity index (χ0n) is 7.87. The van der Waals surface area contributed by atoms with E-state index in [9.17, 15) is 0 Å². The van der Waals surface area contributed by atoms with E-state index in [2.05, 4.69) is 39.4 Å². The molecule has 0 amide bonds. The monoisotopic (exact) mass is 249 g/mol. The molecule has 0 aliphatic carbocycles. The number of hydrogen-bond donors (Lipinski definition) is 0. The van der Waals surface area contributed by atoms with Crippen molar-refractivity contribution >= 4 is 15.9 Å². The normalized spacial score (nSPS) is 10.4. The van der Waals surface area contributed by atoms with Crippen LogP contribution >= 0.6 is 15.9 Å². The molecule has 3 heteroatoms. The predicted octanol–water partition coefficient (Wildman–Crippen LogP) is 2.80. The number of aryl methyl sites for hydroxylation is 1. The standard InChI is InChI=1S/C11H10BrN2/c1-9-5-6-13-14(9)8-10-3-2-4-11(12)7-10/h2-5,7H,8H2,1H3. The Morgan fingerprint density at radius 1 is 1.50 bits per heavy atom. The number of halogens is 1. The Labute approximate surface area is 91.7 Å². The van der Waals surface area contributed by atoms with Crippen molar-refractivity contribution in [1.29, 1.82) is 0 Å². The molecule has 1 aromatic carbocycles. The first-order chi connectivity index (χ1) is 6.75. The molecule has 14 heavy (non-hydrogen) atoms. The lowest BCUT2D eigenvalue weighted by Gasteiger charge is -2.04. The molecule has 0 N–H and O–H groups in total. The molecule has 0 aliphatic heterocycles. The fourth-order valence-corrected chi connectivity index (χ4v) is 1.76. The van der Waals surface area contributed by atoms with E-state index < -0.39 is 0 Å². The molecule has 0 fully saturated rings. The van der Waals surface area contributed by atoms with Gasteiger partial charge in [-0.05, 0) is 30.7 Å². The highest BCUT2D eigenvalue weighted by molar-refractivity contribution is 9.10. The maximum atomic E-state index is 4.12. The first-order valence-corrected chi connectivity index (χ1v) is 5.20. The largest absolute Gasteiger partial charge is 0.265 e. The van der Waals surface area contributed by atoms with Gasteiger partial charge in [0.2, 0.25) is 0 Å². The number of benzene rings is 1. The molecule has 0 bridgehead atoms. The minimum Gasteiger partial charge on any atom is -0.265 e. The number of nitrogens with zero attached hydrogens (tertiary/aromatic N) is 2. The molecule has 1 radical (unpaired) electrons. The maximum Gasteiger partial charge on any atom is 0.113 e. The molecular formula is C11H10BrN2. The summed E-state index contributed by atoms with van der Waals surface area (Å²) in [7, 11) is 0. The summed E-state index contributed by atoms with van der Waals surface area (Å²) in [6.07, 6.45) is 2.83. The third-order valence-electron chi connectivity index (χ3n) is 2.08. The van der Waals surface area contributed by atoms with Gasteiger partial charge in [-0.25, -0.2) is 0 Å². The van der Waals surface area contributed by atoms with Crippen LogP contribution in [0, 0.1) is 13.1 Å². The van der Waals surface area contributed by atoms with E-state index in [4.69, 9.17) is 0 Å². The van der Waals surface area contributed by atoms with E-state index in [1.807, 2.05) is 29.8 Å². The summed E-state index contributed by atoms with van der Waals surface area (Å²) in [6, 6.07) is 10.1. The van der Waals surface area contributed by atoms with Crippen LogP contribution in [0.1, 0.15) is 11.3 Å². The third-order valence-corrected chi connectivity index (χ3v) is 2.57. The summed E-state index contributed by atoms with van der Waals surface area (Å²) in [5.74, 6) is 0. The summed E-state index contributed by atoms with van der Waals surface area (Å²) in [5, 5.41) is 4.12. The van der Waals surface area contributed by atoms with Gasteiger partial charge >= 0.3 is 0 Å². The number of rotatable bonds is 2. The molecule has 0 aliphatic rings. The van der Waals surface area contributed by atoms with E-state index in [1.165, 1.54) is 5.56 Å². The second kappa shape index (κ2) is 3.96. The quantitative estimate of drug-likeness (QED) is 0.801. The zero-order chi connectivity index (χ0) is 9.97. The van der Waals surface area contributed by atoms with Crippen molar-refractivity contribution in [2.45, 2.75) is 13.5 Å². The lowest BCUT2D eigenvalue weighted by Crippen LogP contribution is -2.03. The maximum absolute atomic E-state index is 4.12. The molecule has 1 heterocycles. The molecule has 0 atom stereocenters. The molecule has 1 aromatic heterocycles. The Hall–Kier alpha value is -1.09. The Morgan fingerprint density at radius 3 is 3.00 bits per heavy atom. The first kappa shape index (κ1) is 9.46. The van der Waals surface area contributed by atoms with Crippen molar-refractivity contribution < 1.29 is 0 Å². The van der Waals surface area contributed by atoms with Gasteiger partial charge in [0.05, 0.1) is 6.54 Å². The molecule has 0 saturated carbocycles. The summed E-state index contributed by atoms with van der Waals surface area (Å²) in [5.41, 5.74) is 2.37. The Bertz CT molecular complexity index is 434. The molecule has 0 saturated heterocycles. The van der Waals surface area contributed by atoms with Crippen molar-refractivity contribution in [3.8, 4) is 0 Å². The average molecular weight is 250 g/mol. The van der Waals surface area contributed by atoms with E-state index in [1.54, 1.807) is 0 Å². The Morgan fingerprint density at radius 2 is 2.36 bits per heavy atom. The number of aromatic nitrogens is 2. The van der Waals surface area contributed by atoms with Crippen LogP contribution in [0.3, 0.4) is 0 Å². The predicted molar refractivity (Wildman–Crippen MR) is 59.0 cm³/mol. The van der Waals surface area contributed by atoms with Gasteiger partial charge in [0.25, 0.3) is 0 Å². The topological polar surface area (TPSA) is 17.8 Å². The van der Waals surface area contributed by atoms with Crippen LogP contribution in [0.5, 0.6) is 0 Å². The van der Waals surface area contributed by atoms with Crippen LogP contribution in [-0.2, 0) is 6.54 Å². The van der Waals surface area contributed by atoms with Crippen molar-refractivity contribution in [3.63, 3.8) is 0 Å². The second-order valence-electron chi connectivity index (χ2n) is 3.20. The van der Waals surface area contributed by atoms with Gasteiger partial charge in [0.15, 0.2) is 0 Å². The van der Waals surface area contributed by atoms with E-state index in [0.29, 0.717) is 0 Å². The van der Waals surface area contributed by atoms with Crippen molar-refractivity contribution in [1.82, 2.24) is 9.78 Å². The Kier molecular flexibility index (Phi) is 2.68. The average Bonchev–Trinajstić information content (AvgIpc) is 2.52. The minimum absolute atomic E-state index is 0.800. The molecule has 71 valence electrons. The van der Waals surface area contributed by atoms with Gasteiger partial charge < -0.3 is 0 Å². The molecule has 2 nitrogen and oxygen atoms in total. The van der Waals surface area contributed by atoms with E-state index in [-0.39, 0.29) is 0 Å². The lowest BCUT2D eigenvalue weighted by molar-refractivity contribution is 0.663. The van der Waals surface area contributed by atoms with Gasteiger partial charge in [0.1, 0.15) is 6.20 Å². The second-order valence-corrected chi connectivity index (χ2v) is 4.12. The smallest absolute Gasteiger partial charge is 0.113 e. The van der Waals surface area contributed by atoms with Gasteiger partial charge in [0, 0.05) is 10.2 Å². The van der Waals surface area contributed by atoms with Crippen LogP contribution in [0.15, 0.2) is 34.8 Å². The van der Waals surface area contributed by atoms with Crippen molar-refractivity contribution in [2.75, 3.05) is 0 Å². The van der Waals surface area contributed by atoms with Crippen molar-refractivity contribution in [2.24, 2.45) is 0 Å². The summed E-state index contributed by atoms with van der Waals surface area (Å²) >= 11 is 3.45. The highest BCUT2D eigenvalue weighted by atomic mass is 79.9. The van der Waals surface area contributed by atoms with E-state index in [0.717, 1.165) is 16.7 Å². The highest BCUT2D eigenvalue weighted by Crippen LogP contribution is 2.12. The lowest BCUT2D eigenvalue weighted by atomic mass is 10.2. The van der Waals surface area contributed by atoms with Gasteiger partial charge in [-0.2, -0.15) is 5.10 Å². The van der Waals surface area contributed by atoms with Crippen molar-refractivity contribution in [3.05, 3.63) is 52.3 Å². The van der Waals surface area contributed by atoms with E-state index >= 15 is 0 Å². The first-order valence-electron chi connectivity index (χ1n) is 4.40. The summed E-state index contributed by atoms with van der Waals surface area (Å²) in [4.78, 5) is 0. The van der Waals surface area contributed by atoms with Crippen LogP contribution in [0.25, 0.3) is 0 Å².